The molecule has 1 aromatic carbocycles. The van der Waals surface area contributed by atoms with Gasteiger partial charge in [-0.15, -0.1) is 0 Å². The fourth-order valence-electron chi connectivity index (χ4n) is 1.48. The molecule has 1 atom stereocenters. The van der Waals surface area contributed by atoms with Crippen molar-refractivity contribution in [3.8, 4) is 11.5 Å². The third kappa shape index (κ3) is 4.25. The zero-order chi connectivity index (χ0) is 13.4. The molecule has 5 nitrogen and oxygen atoms in total. The Morgan fingerprint density at radius 2 is 2.06 bits per heavy atom. The van der Waals surface area contributed by atoms with Gasteiger partial charge in [-0.2, -0.15) is 0 Å². The van der Waals surface area contributed by atoms with Crippen molar-refractivity contribution in [2.75, 3.05) is 27.4 Å². The highest BCUT2D eigenvalue weighted by Crippen LogP contribution is 2.20. The molecule has 0 saturated carbocycles. The number of carbonyl (C=O) groups excluding carboxylic acids is 1. The SMILES string of the molecule is COC(=O)C(CCO)COc1cccc(OC)c1. The van der Waals surface area contributed by atoms with Crippen molar-refractivity contribution in [3.05, 3.63) is 24.3 Å². The lowest BCUT2D eigenvalue weighted by atomic mass is 10.1. The van der Waals surface area contributed by atoms with E-state index in [1.54, 1.807) is 31.4 Å². The van der Waals surface area contributed by atoms with Gasteiger partial charge >= 0.3 is 5.97 Å². The third-order valence-electron chi connectivity index (χ3n) is 2.50. The predicted molar refractivity (Wildman–Crippen MR) is 65.7 cm³/mol. The van der Waals surface area contributed by atoms with Crippen LogP contribution in [-0.2, 0) is 9.53 Å². The van der Waals surface area contributed by atoms with Crippen LogP contribution in [0.5, 0.6) is 11.5 Å². The van der Waals surface area contributed by atoms with Crippen LogP contribution in [0.15, 0.2) is 24.3 Å². The van der Waals surface area contributed by atoms with Gasteiger partial charge in [-0.1, -0.05) is 6.07 Å². The molecule has 0 saturated heterocycles. The van der Waals surface area contributed by atoms with Crippen LogP contribution in [0.1, 0.15) is 6.42 Å². The molecule has 18 heavy (non-hydrogen) atoms. The minimum absolute atomic E-state index is 0.0821. The van der Waals surface area contributed by atoms with Gasteiger partial charge in [0.15, 0.2) is 0 Å². The minimum Gasteiger partial charge on any atom is -0.497 e. The molecule has 1 rings (SSSR count). The van der Waals surface area contributed by atoms with E-state index in [1.807, 2.05) is 0 Å². The maximum atomic E-state index is 11.4. The van der Waals surface area contributed by atoms with Crippen LogP contribution in [0.25, 0.3) is 0 Å². The summed E-state index contributed by atoms with van der Waals surface area (Å²) in [7, 11) is 2.89. The molecule has 1 N–H and O–H groups in total. The maximum absolute atomic E-state index is 11.4. The van der Waals surface area contributed by atoms with Crippen LogP contribution in [0.4, 0.5) is 0 Å². The van der Waals surface area contributed by atoms with E-state index in [0.29, 0.717) is 17.9 Å². The lowest BCUT2D eigenvalue weighted by Crippen LogP contribution is -2.24. The summed E-state index contributed by atoms with van der Waals surface area (Å²) >= 11 is 0. The molecular weight excluding hydrogens is 236 g/mol. The Morgan fingerprint density at radius 1 is 1.33 bits per heavy atom. The number of hydrogen-bond donors (Lipinski definition) is 1. The fraction of sp³-hybridized carbons (Fsp3) is 0.462. The van der Waals surface area contributed by atoms with Crippen LogP contribution in [0, 0.1) is 5.92 Å². The first kappa shape index (κ1) is 14.3. The molecule has 0 spiro atoms. The van der Waals surface area contributed by atoms with Gasteiger partial charge in [-0.25, -0.2) is 0 Å². The van der Waals surface area contributed by atoms with Crippen molar-refractivity contribution < 1.29 is 24.1 Å². The highest BCUT2D eigenvalue weighted by molar-refractivity contribution is 5.72. The quantitative estimate of drug-likeness (QED) is 0.742. The van der Waals surface area contributed by atoms with E-state index in [-0.39, 0.29) is 19.2 Å². The monoisotopic (exact) mass is 254 g/mol. The van der Waals surface area contributed by atoms with E-state index in [4.69, 9.17) is 14.6 Å². The number of carbonyl (C=O) groups is 1. The topological polar surface area (TPSA) is 65.0 Å². The standard InChI is InChI=1S/C13H18O5/c1-16-11-4-3-5-12(8-11)18-9-10(6-7-14)13(15)17-2/h3-5,8,10,14H,6-7,9H2,1-2H3. The summed E-state index contributed by atoms with van der Waals surface area (Å²) in [4.78, 5) is 11.4. The Labute approximate surface area is 106 Å². The molecular formula is C13H18O5. The number of esters is 1. The van der Waals surface area contributed by atoms with E-state index in [1.165, 1.54) is 7.11 Å². The number of hydrogen-bond acceptors (Lipinski definition) is 5. The smallest absolute Gasteiger partial charge is 0.312 e. The Kier molecular flexibility index (Phi) is 6.00. The van der Waals surface area contributed by atoms with Gasteiger partial charge in [0.25, 0.3) is 0 Å². The average Bonchev–Trinajstić information content (AvgIpc) is 2.42. The summed E-state index contributed by atoms with van der Waals surface area (Å²) in [6, 6.07) is 7.11. The van der Waals surface area contributed by atoms with Crippen LogP contribution < -0.4 is 9.47 Å². The van der Waals surface area contributed by atoms with Crippen molar-refractivity contribution in [3.63, 3.8) is 0 Å². The highest BCUT2D eigenvalue weighted by atomic mass is 16.5. The second-order valence-corrected chi connectivity index (χ2v) is 3.72. The molecule has 0 radical (unpaired) electrons. The predicted octanol–water partition coefficient (Wildman–Crippen LogP) is 1.25. The van der Waals surface area contributed by atoms with E-state index < -0.39 is 5.92 Å². The molecule has 1 aromatic rings. The minimum atomic E-state index is -0.466. The average molecular weight is 254 g/mol. The second-order valence-electron chi connectivity index (χ2n) is 3.72. The maximum Gasteiger partial charge on any atom is 0.312 e. The van der Waals surface area contributed by atoms with Crippen LogP contribution >= 0.6 is 0 Å². The van der Waals surface area contributed by atoms with Gasteiger partial charge in [-0.3, -0.25) is 4.79 Å². The zero-order valence-electron chi connectivity index (χ0n) is 10.6. The zero-order valence-corrected chi connectivity index (χ0v) is 10.6. The van der Waals surface area contributed by atoms with Crippen LogP contribution in [0.3, 0.4) is 0 Å². The molecule has 0 amide bonds. The number of ether oxygens (including phenoxy) is 3. The van der Waals surface area contributed by atoms with Crippen molar-refractivity contribution in [2.45, 2.75) is 6.42 Å². The molecule has 0 aliphatic rings. The van der Waals surface area contributed by atoms with Crippen molar-refractivity contribution in [2.24, 2.45) is 5.92 Å². The third-order valence-corrected chi connectivity index (χ3v) is 2.50. The van der Waals surface area contributed by atoms with E-state index in [0.717, 1.165) is 0 Å². The summed E-state index contributed by atoms with van der Waals surface area (Å²) < 4.78 is 15.2. The number of rotatable bonds is 7. The molecule has 5 heteroatoms. The number of benzene rings is 1. The molecule has 0 fully saturated rings. The van der Waals surface area contributed by atoms with Crippen molar-refractivity contribution >= 4 is 5.97 Å². The first-order valence-corrected chi connectivity index (χ1v) is 5.66. The van der Waals surface area contributed by atoms with Crippen LogP contribution in [0.2, 0.25) is 0 Å². The first-order chi connectivity index (χ1) is 8.71. The van der Waals surface area contributed by atoms with Crippen molar-refractivity contribution in [1.82, 2.24) is 0 Å². The lowest BCUT2D eigenvalue weighted by molar-refractivity contribution is -0.147. The van der Waals surface area contributed by atoms with E-state index in [2.05, 4.69) is 4.74 Å². The van der Waals surface area contributed by atoms with E-state index in [9.17, 15) is 4.79 Å². The summed E-state index contributed by atoms with van der Waals surface area (Å²) in [5.74, 6) is 0.448. The molecule has 0 aliphatic carbocycles. The normalized spacial score (nSPS) is 11.7. The molecule has 1 unspecified atom stereocenters. The molecule has 0 heterocycles. The summed E-state index contributed by atoms with van der Waals surface area (Å²) in [5, 5.41) is 8.88. The molecule has 0 aromatic heterocycles. The summed E-state index contributed by atoms with van der Waals surface area (Å²) in [6.45, 7) is 0.0850. The highest BCUT2D eigenvalue weighted by Gasteiger charge is 2.19. The Morgan fingerprint density at radius 3 is 2.67 bits per heavy atom. The Bertz CT molecular complexity index is 377. The summed E-state index contributed by atoms with van der Waals surface area (Å²) in [5.41, 5.74) is 0. The van der Waals surface area contributed by atoms with Gasteiger partial charge in [-0.05, 0) is 18.6 Å². The fourth-order valence-corrected chi connectivity index (χ4v) is 1.48. The molecule has 100 valence electrons. The van der Waals surface area contributed by atoms with Gasteiger partial charge in [0, 0.05) is 12.7 Å². The Balaban J connectivity index is 2.57. The summed E-state index contributed by atoms with van der Waals surface area (Å²) in [6.07, 6.45) is 0.316. The number of aliphatic hydroxyl groups excluding tert-OH is 1. The van der Waals surface area contributed by atoms with Gasteiger partial charge < -0.3 is 19.3 Å². The number of aliphatic hydroxyl groups is 1. The van der Waals surface area contributed by atoms with E-state index >= 15 is 0 Å². The second kappa shape index (κ2) is 7.55. The lowest BCUT2D eigenvalue weighted by Gasteiger charge is -2.14. The number of methoxy groups -OCH3 is 2. The molecule has 0 bridgehead atoms. The van der Waals surface area contributed by atoms with Gasteiger partial charge in [0.2, 0.25) is 0 Å². The van der Waals surface area contributed by atoms with Crippen LogP contribution in [-0.4, -0.2) is 38.5 Å². The first-order valence-electron chi connectivity index (χ1n) is 5.66. The largest absolute Gasteiger partial charge is 0.497 e. The van der Waals surface area contributed by atoms with Gasteiger partial charge in [0.05, 0.1) is 20.1 Å². The molecule has 0 aliphatic heterocycles. The Hall–Kier alpha value is -1.75. The van der Waals surface area contributed by atoms with Crippen molar-refractivity contribution in [1.29, 1.82) is 0 Å². The van der Waals surface area contributed by atoms with Gasteiger partial charge in [0.1, 0.15) is 18.1 Å².